The van der Waals surface area contributed by atoms with E-state index in [-0.39, 0.29) is 5.91 Å². The average molecular weight is 374 g/mol. The molecular weight excluding hydrogens is 358 g/mol. The number of likely N-dealkylation sites (N-methyl/N-ethyl adjacent to an activating group) is 1. The summed E-state index contributed by atoms with van der Waals surface area (Å²) in [6.45, 7) is 0. The van der Waals surface area contributed by atoms with E-state index in [0.717, 1.165) is 21.3 Å². The number of carbonyl (C=O) groups excluding carboxylic acids is 1. The van der Waals surface area contributed by atoms with Gasteiger partial charge in [-0.1, -0.05) is 34.1 Å². The van der Waals surface area contributed by atoms with E-state index in [2.05, 4.69) is 15.9 Å². The zero-order valence-corrected chi connectivity index (χ0v) is 14.7. The van der Waals surface area contributed by atoms with Gasteiger partial charge in [0.05, 0.1) is 19.9 Å². The zero-order valence-electron chi connectivity index (χ0n) is 13.1. The Morgan fingerprint density at radius 2 is 1.74 bits per heavy atom. The van der Waals surface area contributed by atoms with Crippen LogP contribution in [0.5, 0.6) is 11.5 Å². The number of nitrogens with zero attached hydrogens (tertiary/aromatic N) is 1. The maximum absolute atomic E-state index is 12.5. The van der Waals surface area contributed by atoms with Crippen LogP contribution < -0.4 is 14.4 Å². The van der Waals surface area contributed by atoms with Crippen molar-refractivity contribution in [3.8, 4) is 11.5 Å². The standard InChI is InChI=1S/C18H16BrNO3/c1-20-15-7-5-4-6-12(15)13(18(20)21)8-11-9-16(22-2)17(23-3)10-14(11)19/h4-10H,1-3H3/b13-8+. The summed E-state index contributed by atoms with van der Waals surface area (Å²) in [5.41, 5.74) is 3.37. The summed E-state index contributed by atoms with van der Waals surface area (Å²) >= 11 is 3.53. The lowest BCUT2D eigenvalue weighted by Gasteiger charge is -2.10. The van der Waals surface area contributed by atoms with E-state index in [4.69, 9.17) is 9.47 Å². The molecule has 0 fully saturated rings. The predicted molar refractivity (Wildman–Crippen MR) is 95.0 cm³/mol. The lowest BCUT2D eigenvalue weighted by Crippen LogP contribution is -2.20. The highest BCUT2D eigenvalue weighted by atomic mass is 79.9. The highest BCUT2D eigenvalue weighted by Crippen LogP contribution is 2.39. The number of ether oxygens (including phenoxy) is 2. The monoisotopic (exact) mass is 373 g/mol. The summed E-state index contributed by atoms with van der Waals surface area (Å²) in [5, 5.41) is 0. The maximum Gasteiger partial charge on any atom is 0.258 e. The van der Waals surface area contributed by atoms with Gasteiger partial charge >= 0.3 is 0 Å². The van der Waals surface area contributed by atoms with Gasteiger partial charge in [-0.05, 0) is 29.8 Å². The van der Waals surface area contributed by atoms with Crippen molar-refractivity contribution in [2.24, 2.45) is 0 Å². The minimum Gasteiger partial charge on any atom is -0.493 e. The molecule has 4 nitrogen and oxygen atoms in total. The first-order valence-corrected chi connectivity index (χ1v) is 7.86. The number of hydrogen-bond acceptors (Lipinski definition) is 3. The van der Waals surface area contributed by atoms with Crippen LogP contribution in [0.1, 0.15) is 11.1 Å². The number of benzene rings is 2. The molecule has 0 bridgehead atoms. The smallest absolute Gasteiger partial charge is 0.258 e. The summed E-state index contributed by atoms with van der Waals surface area (Å²) < 4.78 is 11.5. The van der Waals surface area contributed by atoms with Crippen LogP contribution in [-0.4, -0.2) is 27.2 Å². The Morgan fingerprint density at radius 1 is 1.09 bits per heavy atom. The second-order valence-corrected chi connectivity index (χ2v) is 6.02. The summed E-state index contributed by atoms with van der Waals surface area (Å²) in [5.74, 6) is 1.24. The Kier molecular flexibility index (Phi) is 4.13. The molecule has 2 aromatic carbocycles. The quantitative estimate of drug-likeness (QED) is 0.763. The number of methoxy groups -OCH3 is 2. The first-order chi connectivity index (χ1) is 11.1. The minimum atomic E-state index is -0.0205. The van der Waals surface area contributed by atoms with Crippen molar-refractivity contribution in [3.63, 3.8) is 0 Å². The molecule has 1 amide bonds. The van der Waals surface area contributed by atoms with Gasteiger partial charge < -0.3 is 14.4 Å². The van der Waals surface area contributed by atoms with Crippen LogP contribution >= 0.6 is 15.9 Å². The van der Waals surface area contributed by atoms with E-state index in [1.165, 1.54) is 0 Å². The third kappa shape index (κ3) is 2.61. The van der Waals surface area contributed by atoms with Crippen molar-refractivity contribution in [1.82, 2.24) is 0 Å². The Labute approximate surface area is 143 Å². The number of amides is 1. The molecule has 118 valence electrons. The van der Waals surface area contributed by atoms with Crippen LogP contribution in [0.3, 0.4) is 0 Å². The average Bonchev–Trinajstić information content (AvgIpc) is 2.81. The molecule has 0 N–H and O–H groups in total. The number of halogens is 1. The Bertz CT molecular complexity index is 814. The SMILES string of the molecule is COc1cc(Br)c(/C=C2/C(=O)N(C)c3ccccc32)cc1OC. The number of fused-ring (bicyclic) bond motifs is 1. The van der Waals surface area contributed by atoms with Crippen molar-refractivity contribution in [3.05, 3.63) is 52.0 Å². The molecule has 0 saturated heterocycles. The highest BCUT2D eigenvalue weighted by molar-refractivity contribution is 9.10. The number of carbonyl (C=O) groups is 1. The molecule has 0 aromatic heterocycles. The van der Waals surface area contributed by atoms with E-state index in [0.29, 0.717) is 17.1 Å². The predicted octanol–water partition coefficient (Wildman–Crippen LogP) is 3.98. The third-order valence-electron chi connectivity index (χ3n) is 3.89. The first-order valence-electron chi connectivity index (χ1n) is 7.07. The summed E-state index contributed by atoms with van der Waals surface area (Å²) in [7, 11) is 4.96. The molecule has 3 rings (SSSR count). The highest BCUT2D eigenvalue weighted by Gasteiger charge is 2.29. The van der Waals surface area contributed by atoms with Gasteiger partial charge in [0.2, 0.25) is 0 Å². The molecule has 5 heteroatoms. The van der Waals surface area contributed by atoms with Crippen LogP contribution in [0, 0.1) is 0 Å². The summed E-state index contributed by atoms with van der Waals surface area (Å²) in [6.07, 6.45) is 1.87. The van der Waals surface area contributed by atoms with Gasteiger partial charge in [-0.3, -0.25) is 4.79 Å². The fraction of sp³-hybridized carbons (Fsp3) is 0.167. The molecule has 0 radical (unpaired) electrons. The Morgan fingerprint density at radius 3 is 2.43 bits per heavy atom. The maximum atomic E-state index is 12.5. The van der Waals surface area contributed by atoms with E-state index in [1.807, 2.05) is 42.5 Å². The van der Waals surface area contributed by atoms with Gasteiger partial charge in [-0.25, -0.2) is 0 Å². The normalized spacial score (nSPS) is 15.0. The molecule has 0 spiro atoms. The number of anilines is 1. The lowest BCUT2D eigenvalue weighted by atomic mass is 10.0. The van der Waals surface area contributed by atoms with Crippen LogP contribution in [0.15, 0.2) is 40.9 Å². The van der Waals surface area contributed by atoms with E-state index in [1.54, 1.807) is 26.2 Å². The fourth-order valence-electron chi connectivity index (χ4n) is 2.67. The van der Waals surface area contributed by atoms with Gasteiger partial charge in [-0.2, -0.15) is 0 Å². The molecule has 1 aliphatic rings. The Hall–Kier alpha value is -2.27. The first kappa shape index (κ1) is 15.6. The molecule has 0 unspecified atom stereocenters. The number of rotatable bonds is 3. The lowest BCUT2D eigenvalue weighted by molar-refractivity contribution is -0.112. The van der Waals surface area contributed by atoms with Crippen molar-refractivity contribution >= 4 is 39.2 Å². The van der Waals surface area contributed by atoms with Crippen LogP contribution in [0.4, 0.5) is 5.69 Å². The molecule has 1 aliphatic heterocycles. The van der Waals surface area contributed by atoms with Crippen molar-refractivity contribution in [1.29, 1.82) is 0 Å². The zero-order chi connectivity index (χ0) is 16.6. The van der Waals surface area contributed by atoms with Gasteiger partial charge in [0.15, 0.2) is 11.5 Å². The fourth-order valence-corrected chi connectivity index (χ4v) is 3.11. The molecule has 0 saturated carbocycles. The molecule has 2 aromatic rings. The largest absolute Gasteiger partial charge is 0.493 e. The van der Waals surface area contributed by atoms with Gasteiger partial charge in [0.1, 0.15) is 0 Å². The van der Waals surface area contributed by atoms with Crippen LogP contribution in [0.25, 0.3) is 11.6 Å². The second kappa shape index (κ2) is 6.08. The summed E-state index contributed by atoms with van der Waals surface area (Å²) in [4.78, 5) is 14.2. The summed E-state index contributed by atoms with van der Waals surface area (Å²) in [6, 6.07) is 11.4. The van der Waals surface area contributed by atoms with Crippen LogP contribution in [0.2, 0.25) is 0 Å². The number of hydrogen-bond donors (Lipinski definition) is 0. The van der Waals surface area contributed by atoms with Gasteiger partial charge in [0.25, 0.3) is 5.91 Å². The minimum absolute atomic E-state index is 0.0205. The van der Waals surface area contributed by atoms with E-state index < -0.39 is 0 Å². The van der Waals surface area contributed by atoms with E-state index >= 15 is 0 Å². The molecular formula is C18H16BrNO3. The van der Waals surface area contributed by atoms with Gasteiger partial charge in [0, 0.05) is 22.7 Å². The third-order valence-corrected chi connectivity index (χ3v) is 4.58. The van der Waals surface area contributed by atoms with Crippen molar-refractivity contribution in [2.45, 2.75) is 0 Å². The molecule has 23 heavy (non-hydrogen) atoms. The molecule has 0 aliphatic carbocycles. The van der Waals surface area contributed by atoms with E-state index in [9.17, 15) is 4.79 Å². The van der Waals surface area contributed by atoms with Crippen molar-refractivity contribution in [2.75, 3.05) is 26.2 Å². The van der Waals surface area contributed by atoms with Crippen molar-refractivity contribution < 1.29 is 14.3 Å². The van der Waals surface area contributed by atoms with Gasteiger partial charge in [-0.15, -0.1) is 0 Å². The Balaban J connectivity index is 2.14. The second-order valence-electron chi connectivity index (χ2n) is 5.17. The topological polar surface area (TPSA) is 38.8 Å². The number of para-hydroxylation sites is 1. The van der Waals surface area contributed by atoms with Crippen LogP contribution in [-0.2, 0) is 4.79 Å². The molecule has 1 heterocycles. The molecule has 0 atom stereocenters.